The number of benzene rings is 1. The molecule has 4 heteroatoms. The van der Waals surface area contributed by atoms with Crippen LogP contribution in [0.25, 0.3) is 0 Å². The van der Waals surface area contributed by atoms with Gasteiger partial charge >= 0.3 is 0 Å². The number of morpholine rings is 1. The lowest BCUT2D eigenvalue weighted by Gasteiger charge is -2.42. The van der Waals surface area contributed by atoms with Crippen LogP contribution in [0.5, 0.6) is 0 Å². The number of hydrogen-bond acceptors (Lipinski definition) is 2. The molecular formula is C16H22ClNO2. The summed E-state index contributed by atoms with van der Waals surface area (Å²) in [5.74, 6) is 0.479. The van der Waals surface area contributed by atoms with E-state index in [0.717, 1.165) is 16.7 Å². The first-order valence-electron chi connectivity index (χ1n) is 6.93. The lowest BCUT2D eigenvalue weighted by molar-refractivity contribution is -0.117. The smallest absolute Gasteiger partial charge is 0.254 e. The highest BCUT2D eigenvalue weighted by Crippen LogP contribution is 2.25. The summed E-state index contributed by atoms with van der Waals surface area (Å²) in [6.07, 6.45) is -0.103. The van der Waals surface area contributed by atoms with Crippen molar-refractivity contribution in [2.75, 3.05) is 19.0 Å². The highest BCUT2D eigenvalue weighted by atomic mass is 35.5. The average Bonchev–Trinajstić information content (AvgIpc) is 2.36. The Labute approximate surface area is 125 Å². The summed E-state index contributed by atoms with van der Waals surface area (Å²) in [5, 5.41) is 0. The van der Waals surface area contributed by atoms with Gasteiger partial charge in [-0.2, -0.15) is 0 Å². The van der Waals surface area contributed by atoms with E-state index in [1.807, 2.05) is 50.8 Å². The third-order valence-electron chi connectivity index (χ3n) is 3.64. The van der Waals surface area contributed by atoms with Crippen molar-refractivity contribution >= 4 is 17.5 Å². The molecule has 1 saturated heterocycles. The lowest BCUT2D eigenvalue weighted by atomic mass is 9.99. The minimum absolute atomic E-state index is 0.0760. The first-order chi connectivity index (χ1) is 9.34. The van der Waals surface area contributed by atoms with Gasteiger partial charge in [-0.05, 0) is 38.8 Å². The average molecular weight is 296 g/mol. The predicted molar refractivity (Wildman–Crippen MR) is 81.5 cm³/mol. The number of carbonyl (C=O) groups is 1. The summed E-state index contributed by atoms with van der Waals surface area (Å²) in [5.41, 5.74) is 2.48. The number of rotatable bonds is 2. The molecule has 1 aromatic carbocycles. The number of hydrogen-bond donors (Lipinski definition) is 0. The van der Waals surface area contributed by atoms with Crippen LogP contribution in [0.3, 0.4) is 0 Å². The van der Waals surface area contributed by atoms with Crippen molar-refractivity contribution in [2.24, 2.45) is 0 Å². The molecule has 2 rings (SSSR count). The van der Waals surface area contributed by atoms with Crippen LogP contribution in [0.2, 0.25) is 0 Å². The van der Waals surface area contributed by atoms with Gasteiger partial charge in [0, 0.05) is 18.7 Å². The van der Waals surface area contributed by atoms with Gasteiger partial charge in [0.2, 0.25) is 0 Å². The molecular weight excluding hydrogens is 274 g/mol. The van der Waals surface area contributed by atoms with Crippen molar-refractivity contribution in [3.63, 3.8) is 0 Å². The van der Waals surface area contributed by atoms with Crippen molar-refractivity contribution < 1.29 is 9.53 Å². The number of amides is 1. The van der Waals surface area contributed by atoms with E-state index in [1.54, 1.807) is 0 Å². The lowest BCUT2D eigenvalue weighted by Crippen LogP contribution is -2.55. The molecule has 0 aromatic heterocycles. The molecule has 0 radical (unpaired) electrons. The van der Waals surface area contributed by atoms with Gasteiger partial charge in [0.05, 0.1) is 17.6 Å². The largest absolute Gasteiger partial charge is 0.367 e. The van der Waals surface area contributed by atoms with E-state index in [0.29, 0.717) is 19.0 Å². The topological polar surface area (TPSA) is 29.5 Å². The van der Waals surface area contributed by atoms with Gasteiger partial charge in [0.25, 0.3) is 5.91 Å². The molecule has 1 aliphatic rings. The second-order valence-corrected chi connectivity index (χ2v) is 6.41. The molecule has 1 unspecified atom stereocenters. The zero-order valence-corrected chi connectivity index (χ0v) is 13.3. The monoisotopic (exact) mass is 295 g/mol. The zero-order valence-electron chi connectivity index (χ0n) is 12.6. The summed E-state index contributed by atoms with van der Waals surface area (Å²) in [6, 6.07) is 5.93. The summed E-state index contributed by atoms with van der Waals surface area (Å²) < 4.78 is 5.87. The Morgan fingerprint density at radius 1 is 1.40 bits per heavy atom. The molecule has 0 saturated carbocycles. The SMILES string of the molecule is Cc1cccc(C)c1C(=O)N1CC(CCl)OC(C)(C)C1. The highest BCUT2D eigenvalue weighted by Gasteiger charge is 2.36. The molecule has 20 heavy (non-hydrogen) atoms. The van der Waals surface area contributed by atoms with Crippen molar-refractivity contribution in [1.29, 1.82) is 0 Å². The van der Waals surface area contributed by atoms with Crippen LogP contribution in [0, 0.1) is 13.8 Å². The third kappa shape index (κ3) is 3.15. The maximum absolute atomic E-state index is 12.8. The Bertz CT molecular complexity index is 493. The predicted octanol–water partition coefficient (Wildman–Crippen LogP) is 3.16. The molecule has 3 nitrogen and oxygen atoms in total. The van der Waals surface area contributed by atoms with Crippen LogP contribution in [0.1, 0.15) is 35.3 Å². The maximum Gasteiger partial charge on any atom is 0.254 e. The molecule has 1 atom stereocenters. The molecule has 110 valence electrons. The van der Waals surface area contributed by atoms with Gasteiger partial charge in [-0.3, -0.25) is 4.79 Å². The van der Waals surface area contributed by atoms with E-state index in [2.05, 4.69) is 0 Å². The number of ether oxygens (including phenoxy) is 1. The minimum Gasteiger partial charge on any atom is -0.367 e. The maximum atomic E-state index is 12.8. The van der Waals surface area contributed by atoms with E-state index in [4.69, 9.17) is 16.3 Å². The van der Waals surface area contributed by atoms with Gasteiger partial charge in [-0.1, -0.05) is 18.2 Å². The molecule has 0 spiro atoms. The van der Waals surface area contributed by atoms with Crippen molar-refractivity contribution in [1.82, 2.24) is 4.90 Å². The Morgan fingerprint density at radius 3 is 2.55 bits per heavy atom. The standard InChI is InChI=1S/C16H22ClNO2/c1-11-6-5-7-12(2)14(11)15(19)18-9-13(8-17)20-16(3,4)10-18/h5-7,13H,8-10H2,1-4H3. The van der Waals surface area contributed by atoms with E-state index >= 15 is 0 Å². The number of aryl methyl sites for hydroxylation is 2. The first kappa shape index (κ1) is 15.3. The normalized spacial score (nSPS) is 21.9. The second kappa shape index (κ2) is 5.74. The fourth-order valence-electron chi connectivity index (χ4n) is 2.84. The van der Waals surface area contributed by atoms with Gasteiger partial charge in [0.15, 0.2) is 0 Å². The van der Waals surface area contributed by atoms with Crippen LogP contribution in [-0.2, 0) is 4.74 Å². The third-order valence-corrected chi connectivity index (χ3v) is 3.98. The van der Waals surface area contributed by atoms with Gasteiger partial charge in [0.1, 0.15) is 0 Å². The number of nitrogens with zero attached hydrogens (tertiary/aromatic N) is 1. The van der Waals surface area contributed by atoms with Crippen LogP contribution in [-0.4, -0.2) is 41.5 Å². The Kier molecular flexibility index (Phi) is 4.40. The van der Waals surface area contributed by atoms with Crippen molar-refractivity contribution in [3.05, 3.63) is 34.9 Å². The van der Waals surface area contributed by atoms with Crippen LogP contribution < -0.4 is 0 Å². The summed E-state index contributed by atoms with van der Waals surface area (Å²) in [6.45, 7) is 9.09. The molecule has 0 N–H and O–H groups in total. The highest BCUT2D eigenvalue weighted by molar-refractivity contribution is 6.18. The van der Waals surface area contributed by atoms with Crippen molar-refractivity contribution in [2.45, 2.75) is 39.4 Å². The Hall–Kier alpha value is -1.06. The van der Waals surface area contributed by atoms with Crippen LogP contribution >= 0.6 is 11.6 Å². The van der Waals surface area contributed by atoms with Gasteiger partial charge in [-0.15, -0.1) is 11.6 Å². The summed E-state index contributed by atoms with van der Waals surface area (Å²) in [4.78, 5) is 14.7. The Morgan fingerprint density at radius 2 is 2.00 bits per heavy atom. The number of alkyl halides is 1. The van der Waals surface area contributed by atoms with E-state index < -0.39 is 0 Å². The Balaban J connectivity index is 2.28. The zero-order chi connectivity index (χ0) is 14.9. The van der Waals surface area contributed by atoms with Crippen molar-refractivity contribution in [3.8, 4) is 0 Å². The summed E-state index contributed by atoms with van der Waals surface area (Å²) in [7, 11) is 0. The number of halogens is 1. The second-order valence-electron chi connectivity index (χ2n) is 6.11. The molecule has 1 aromatic rings. The molecule has 1 fully saturated rings. The minimum atomic E-state index is -0.357. The van der Waals surface area contributed by atoms with Gasteiger partial charge in [-0.25, -0.2) is 0 Å². The van der Waals surface area contributed by atoms with E-state index in [9.17, 15) is 4.79 Å². The number of carbonyl (C=O) groups excluding carboxylic acids is 1. The molecule has 0 bridgehead atoms. The van der Waals surface area contributed by atoms with Crippen LogP contribution in [0.4, 0.5) is 0 Å². The molecule has 1 heterocycles. The van der Waals surface area contributed by atoms with Crippen LogP contribution in [0.15, 0.2) is 18.2 Å². The summed E-state index contributed by atoms with van der Waals surface area (Å²) >= 11 is 5.92. The molecule has 1 aliphatic heterocycles. The molecule has 0 aliphatic carbocycles. The molecule has 1 amide bonds. The fraction of sp³-hybridized carbons (Fsp3) is 0.562. The van der Waals surface area contributed by atoms with Gasteiger partial charge < -0.3 is 9.64 Å². The van der Waals surface area contributed by atoms with E-state index in [1.165, 1.54) is 0 Å². The fourth-order valence-corrected chi connectivity index (χ4v) is 3.00. The first-order valence-corrected chi connectivity index (χ1v) is 7.47. The quantitative estimate of drug-likeness (QED) is 0.784. The van der Waals surface area contributed by atoms with E-state index in [-0.39, 0.29) is 17.6 Å².